The van der Waals surface area contributed by atoms with Gasteiger partial charge in [-0.25, -0.2) is 4.99 Å². The number of unbranched alkanes of at least 4 members (excludes halogenated alkanes) is 1. The second-order valence-electron chi connectivity index (χ2n) is 6.10. The molecule has 3 rings (SSSR count). The molecule has 1 fully saturated rings. The molecular weight excluding hydrogens is 276 g/mol. The van der Waals surface area contributed by atoms with Gasteiger partial charge in [0, 0.05) is 5.56 Å². The Morgan fingerprint density at radius 2 is 1.95 bits per heavy atom. The Hall–Kier alpha value is -1.55. The Labute approximate surface area is 132 Å². The standard InChI is InChI=1S/C18H26N2O2/c1(3-15-8-10-19-11-9-15)2-13-21-17-6-4-16(5-7-17)18-20-12-14-22-18/h4-7,15,19H,1-3,8-14H2. The summed E-state index contributed by atoms with van der Waals surface area (Å²) in [4.78, 5) is 4.32. The molecule has 0 unspecified atom stereocenters. The summed E-state index contributed by atoms with van der Waals surface area (Å²) in [6.07, 6.45) is 6.44. The first-order valence-electron chi connectivity index (χ1n) is 8.53. The van der Waals surface area contributed by atoms with Gasteiger partial charge in [0.15, 0.2) is 0 Å². The van der Waals surface area contributed by atoms with E-state index in [-0.39, 0.29) is 0 Å². The smallest absolute Gasteiger partial charge is 0.216 e. The Morgan fingerprint density at radius 3 is 2.68 bits per heavy atom. The first kappa shape index (κ1) is 15.3. The summed E-state index contributed by atoms with van der Waals surface area (Å²) in [5.41, 5.74) is 1.04. The van der Waals surface area contributed by atoms with Crippen molar-refractivity contribution in [2.24, 2.45) is 10.9 Å². The lowest BCUT2D eigenvalue weighted by molar-refractivity contribution is 0.287. The molecule has 0 aromatic heterocycles. The van der Waals surface area contributed by atoms with Gasteiger partial charge in [0.2, 0.25) is 5.90 Å². The van der Waals surface area contributed by atoms with Crippen LogP contribution in [-0.2, 0) is 4.74 Å². The summed E-state index contributed by atoms with van der Waals surface area (Å²) in [6, 6.07) is 8.06. The maximum Gasteiger partial charge on any atom is 0.216 e. The Morgan fingerprint density at radius 1 is 1.14 bits per heavy atom. The van der Waals surface area contributed by atoms with E-state index in [0.29, 0.717) is 6.61 Å². The van der Waals surface area contributed by atoms with Gasteiger partial charge >= 0.3 is 0 Å². The van der Waals surface area contributed by atoms with E-state index in [9.17, 15) is 0 Å². The number of nitrogens with one attached hydrogen (secondary N) is 1. The zero-order valence-electron chi connectivity index (χ0n) is 13.2. The number of rotatable bonds is 7. The number of benzene rings is 1. The van der Waals surface area contributed by atoms with Crippen molar-refractivity contribution in [3.8, 4) is 5.75 Å². The molecule has 2 heterocycles. The van der Waals surface area contributed by atoms with E-state index in [0.717, 1.165) is 42.7 Å². The van der Waals surface area contributed by atoms with Crippen LogP contribution in [0.15, 0.2) is 29.3 Å². The highest BCUT2D eigenvalue weighted by atomic mass is 16.5. The Kier molecular flexibility index (Phi) is 5.71. The summed E-state index contributed by atoms with van der Waals surface area (Å²) in [7, 11) is 0. The van der Waals surface area contributed by atoms with E-state index >= 15 is 0 Å². The number of nitrogens with zero attached hydrogens (tertiary/aromatic N) is 1. The second kappa shape index (κ2) is 8.18. The van der Waals surface area contributed by atoms with Gasteiger partial charge in [-0.1, -0.05) is 6.42 Å². The highest BCUT2D eigenvalue weighted by molar-refractivity contribution is 5.94. The normalized spacial score (nSPS) is 18.8. The predicted octanol–water partition coefficient (Wildman–Crippen LogP) is 3.01. The minimum atomic E-state index is 0.699. The average Bonchev–Trinajstić information content (AvgIpc) is 3.11. The third kappa shape index (κ3) is 4.47. The van der Waals surface area contributed by atoms with E-state index in [1.54, 1.807) is 0 Å². The summed E-state index contributed by atoms with van der Waals surface area (Å²) in [5.74, 6) is 2.62. The van der Waals surface area contributed by atoms with Gasteiger partial charge in [-0.2, -0.15) is 0 Å². The van der Waals surface area contributed by atoms with Gasteiger partial charge in [-0.05, 0) is 69.0 Å². The molecule has 1 N–H and O–H groups in total. The quantitative estimate of drug-likeness (QED) is 0.787. The molecule has 0 amide bonds. The van der Waals surface area contributed by atoms with Crippen LogP contribution in [0.2, 0.25) is 0 Å². The van der Waals surface area contributed by atoms with Crippen molar-refractivity contribution in [3.05, 3.63) is 29.8 Å². The number of hydrogen-bond donors (Lipinski definition) is 1. The summed E-state index contributed by atoms with van der Waals surface area (Å²) in [6.45, 7) is 4.67. The van der Waals surface area contributed by atoms with E-state index in [1.165, 1.54) is 38.8 Å². The number of aliphatic imine (C=N–C) groups is 1. The Balaban J connectivity index is 1.33. The van der Waals surface area contributed by atoms with Crippen LogP contribution in [0.1, 0.15) is 37.7 Å². The van der Waals surface area contributed by atoms with Gasteiger partial charge < -0.3 is 14.8 Å². The summed E-state index contributed by atoms with van der Waals surface area (Å²) in [5, 5.41) is 3.42. The molecule has 1 saturated heterocycles. The maximum absolute atomic E-state index is 5.82. The monoisotopic (exact) mass is 302 g/mol. The number of piperidine rings is 1. The first-order valence-corrected chi connectivity index (χ1v) is 8.53. The SMILES string of the molecule is c1cc(C2=NCCO2)ccc1OCCCCC1CCNCC1. The summed E-state index contributed by atoms with van der Waals surface area (Å²) < 4.78 is 11.3. The molecule has 2 aliphatic rings. The fourth-order valence-electron chi connectivity index (χ4n) is 3.10. The zero-order valence-corrected chi connectivity index (χ0v) is 13.2. The molecule has 4 nitrogen and oxygen atoms in total. The molecule has 0 radical (unpaired) electrons. The third-order valence-corrected chi connectivity index (χ3v) is 4.42. The average molecular weight is 302 g/mol. The van der Waals surface area contributed by atoms with Crippen LogP contribution in [-0.4, -0.2) is 38.7 Å². The van der Waals surface area contributed by atoms with Crippen LogP contribution < -0.4 is 10.1 Å². The van der Waals surface area contributed by atoms with E-state index in [4.69, 9.17) is 9.47 Å². The van der Waals surface area contributed by atoms with E-state index in [2.05, 4.69) is 10.3 Å². The molecule has 0 saturated carbocycles. The van der Waals surface area contributed by atoms with Crippen molar-refractivity contribution in [2.45, 2.75) is 32.1 Å². The highest BCUT2D eigenvalue weighted by Gasteiger charge is 2.12. The summed E-state index contributed by atoms with van der Waals surface area (Å²) >= 11 is 0. The fourth-order valence-corrected chi connectivity index (χ4v) is 3.10. The molecule has 0 bridgehead atoms. The number of ether oxygens (including phenoxy) is 2. The van der Waals surface area contributed by atoms with Crippen LogP contribution >= 0.6 is 0 Å². The van der Waals surface area contributed by atoms with Crippen LogP contribution in [0, 0.1) is 5.92 Å². The molecule has 1 aromatic rings. The highest BCUT2D eigenvalue weighted by Crippen LogP contribution is 2.19. The first-order chi connectivity index (χ1) is 10.9. The third-order valence-electron chi connectivity index (χ3n) is 4.42. The number of hydrogen-bond acceptors (Lipinski definition) is 4. The minimum absolute atomic E-state index is 0.699. The molecule has 0 aliphatic carbocycles. The molecule has 0 spiro atoms. The molecular formula is C18H26N2O2. The molecule has 22 heavy (non-hydrogen) atoms. The van der Waals surface area contributed by atoms with Gasteiger partial charge in [0.25, 0.3) is 0 Å². The van der Waals surface area contributed by atoms with Crippen molar-refractivity contribution in [1.29, 1.82) is 0 Å². The second-order valence-corrected chi connectivity index (χ2v) is 6.10. The minimum Gasteiger partial charge on any atom is -0.494 e. The lowest BCUT2D eigenvalue weighted by atomic mass is 9.93. The lowest BCUT2D eigenvalue weighted by Crippen LogP contribution is -2.27. The van der Waals surface area contributed by atoms with E-state index in [1.807, 2.05) is 24.3 Å². The molecule has 0 atom stereocenters. The van der Waals surface area contributed by atoms with Crippen LogP contribution in [0.3, 0.4) is 0 Å². The molecule has 1 aromatic carbocycles. The fraction of sp³-hybridized carbons (Fsp3) is 0.611. The van der Waals surface area contributed by atoms with Crippen LogP contribution in [0.25, 0.3) is 0 Å². The largest absolute Gasteiger partial charge is 0.494 e. The van der Waals surface area contributed by atoms with Crippen LogP contribution in [0.5, 0.6) is 5.75 Å². The predicted molar refractivity (Wildman–Crippen MR) is 88.7 cm³/mol. The van der Waals surface area contributed by atoms with Gasteiger partial charge in [-0.15, -0.1) is 0 Å². The molecule has 2 aliphatic heterocycles. The van der Waals surface area contributed by atoms with Gasteiger partial charge in [0.05, 0.1) is 13.2 Å². The Bertz CT molecular complexity index is 478. The van der Waals surface area contributed by atoms with Crippen molar-refractivity contribution in [3.63, 3.8) is 0 Å². The maximum atomic E-state index is 5.82. The lowest BCUT2D eigenvalue weighted by Gasteiger charge is -2.22. The van der Waals surface area contributed by atoms with Crippen molar-refractivity contribution < 1.29 is 9.47 Å². The molecule has 120 valence electrons. The van der Waals surface area contributed by atoms with Crippen molar-refractivity contribution in [2.75, 3.05) is 32.8 Å². The van der Waals surface area contributed by atoms with Gasteiger partial charge in [0.1, 0.15) is 12.4 Å². The zero-order chi connectivity index (χ0) is 15.0. The van der Waals surface area contributed by atoms with Gasteiger partial charge in [-0.3, -0.25) is 0 Å². The van der Waals surface area contributed by atoms with Crippen molar-refractivity contribution in [1.82, 2.24) is 5.32 Å². The topological polar surface area (TPSA) is 42.9 Å². The molecule has 4 heteroatoms. The van der Waals surface area contributed by atoms with Crippen LogP contribution in [0.4, 0.5) is 0 Å². The van der Waals surface area contributed by atoms with E-state index < -0.39 is 0 Å². The van der Waals surface area contributed by atoms with Crippen molar-refractivity contribution >= 4 is 5.90 Å².